The van der Waals surface area contributed by atoms with Gasteiger partial charge in [-0.1, -0.05) is 36.4 Å². The number of carbonyl (C=O) groups excluding carboxylic acids is 1. The Hall–Kier alpha value is -2.92. The number of carbonyl (C=O) groups is 1. The van der Waals surface area contributed by atoms with Crippen molar-refractivity contribution in [1.82, 2.24) is 9.88 Å². The third-order valence-electron chi connectivity index (χ3n) is 5.66. The molecule has 0 unspecified atom stereocenters. The van der Waals surface area contributed by atoms with Crippen molar-refractivity contribution in [3.05, 3.63) is 72.1 Å². The van der Waals surface area contributed by atoms with Gasteiger partial charge in [-0.15, -0.1) is 0 Å². The quantitative estimate of drug-likeness (QED) is 0.724. The first kappa shape index (κ1) is 19.4. The second-order valence-electron chi connectivity index (χ2n) is 7.63. The molecule has 1 fully saturated rings. The Morgan fingerprint density at radius 3 is 2.90 bits per heavy atom. The summed E-state index contributed by atoms with van der Waals surface area (Å²) in [6.07, 6.45) is 4.30. The molecular weight excluding hydrogens is 364 g/mol. The van der Waals surface area contributed by atoms with E-state index in [2.05, 4.69) is 24.0 Å². The van der Waals surface area contributed by atoms with Crippen LogP contribution in [0.2, 0.25) is 0 Å². The van der Waals surface area contributed by atoms with E-state index in [9.17, 15) is 9.90 Å². The fourth-order valence-electron chi connectivity index (χ4n) is 3.92. The van der Waals surface area contributed by atoms with Crippen molar-refractivity contribution in [3.63, 3.8) is 0 Å². The molecular formula is C24H26N2O3. The molecule has 1 amide bonds. The van der Waals surface area contributed by atoms with Crippen LogP contribution in [0.25, 0.3) is 10.8 Å². The maximum atomic E-state index is 12.6. The second kappa shape index (κ2) is 8.62. The number of piperidine rings is 1. The maximum absolute atomic E-state index is 12.6. The number of aromatic nitrogens is 1. The Labute approximate surface area is 170 Å². The molecule has 4 rings (SSSR count). The first-order valence-electron chi connectivity index (χ1n) is 10.1. The molecule has 0 aliphatic carbocycles. The van der Waals surface area contributed by atoms with Crippen LogP contribution in [0.4, 0.5) is 0 Å². The number of rotatable bonds is 5. The van der Waals surface area contributed by atoms with Crippen molar-refractivity contribution in [1.29, 1.82) is 0 Å². The highest BCUT2D eigenvalue weighted by Gasteiger charge is 2.31. The van der Waals surface area contributed by atoms with Crippen molar-refractivity contribution in [2.45, 2.75) is 38.4 Å². The zero-order valence-electron chi connectivity index (χ0n) is 16.6. The van der Waals surface area contributed by atoms with Gasteiger partial charge in [-0.2, -0.15) is 0 Å². The monoisotopic (exact) mass is 390 g/mol. The molecule has 1 aliphatic heterocycles. The van der Waals surface area contributed by atoms with Crippen LogP contribution in [-0.2, 0) is 11.2 Å². The van der Waals surface area contributed by atoms with Crippen LogP contribution in [0, 0.1) is 6.92 Å². The van der Waals surface area contributed by atoms with Gasteiger partial charge in [0.1, 0.15) is 18.0 Å². The van der Waals surface area contributed by atoms with Crippen LogP contribution in [0.5, 0.6) is 5.75 Å². The van der Waals surface area contributed by atoms with E-state index in [0.29, 0.717) is 25.9 Å². The number of amides is 1. The molecule has 2 heterocycles. The Morgan fingerprint density at radius 2 is 2.07 bits per heavy atom. The van der Waals surface area contributed by atoms with Gasteiger partial charge in [0.25, 0.3) is 0 Å². The van der Waals surface area contributed by atoms with Gasteiger partial charge in [0.15, 0.2) is 0 Å². The van der Waals surface area contributed by atoms with Gasteiger partial charge in [-0.25, -0.2) is 0 Å². The third-order valence-corrected chi connectivity index (χ3v) is 5.66. The Kier molecular flexibility index (Phi) is 5.76. The second-order valence-corrected chi connectivity index (χ2v) is 7.63. The minimum atomic E-state index is -0.705. The number of hydrogen-bond donors (Lipinski definition) is 1. The number of pyridine rings is 1. The van der Waals surface area contributed by atoms with Crippen LogP contribution >= 0.6 is 0 Å². The van der Waals surface area contributed by atoms with E-state index in [-0.39, 0.29) is 12.0 Å². The van der Waals surface area contributed by atoms with Crippen LogP contribution in [-0.4, -0.2) is 46.2 Å². The number of aliphatic hydroxyl groups is 1. The number of nitrogens with zero attached hydrogens (tertiary/aromatic N) is 2. The number of likely N-dealkylation sites (tertiary alicyclic amines) is 1. The largest absolute Gasteiger partial charge is 0.487 e. The van der Waals surface area contributed by atoms with E-state index >= 15 is 0 Å². The Morgan fingerprint density at radius 1 is 1.21 bits per heavy atom. The summed E-state index contributed by atoms with van der Waals surface area (Å²) in [5.41, 5.74) is 2.41. The van der Waals surface area contributed by atoms with Gasteiger partial charge in [0.05, 0.1) is 6.54 Å². The highest BCUT2D eigenvalue weighted by atomic mass is 16.5. The minimum absolute atomic E-state index is 0.0852. The van der Waals surface area contributed by atoms with E-state index in [1.54, 1.807) is 17.3 Å². The molecule has 1 saturated heterocycles. The first-order chi connectivity index (χ1) is 14.1. The van der Waals surface area contributed by atoms with Crippen molar-refractivity contribution in [2.75, 3.05) is 13.1 Å². The van der Waals surface area contributed by atoms with Crippen molar-refractivity contribution in [2.24, 2.45) is 0 Å². The van der Waals surface area contributed by atoms with Crippen LogP contribution < -0.4 is 4.74 Å². The fourth-order valence-corrected chi connectivity index (χ4v) is 3.92. The molecule has 29 heavy (non-hydrogen) atoms. The molecule has 1 aromatic heterocycles. The normalized spacial score (nSPS) is 19.3. The minimum Gasteiger partial charge on any atom is -0.487 e. The van der Waals surface area contributed by atoms with Gasteiger partial charge in [0, 0.05) is 42.6 Å². The predicted molar refractivity (Wildman–Crippen MR) is 113 cm³/mol. The number of fused-ring (bicyclic) bond motifs is 1. The number of benzene rings is 2. The molecule has 1 aliphatic rings. The molecule has 0 spiro atoms. The fraction of sp³-hybridized carbons (Fsp3) is 0.333. The van der Waals surface area contributed by atoms with E-state index in [0.717, 1.165) is 22.9 Å². The number of aryl methyl sites for hydroxylation is 2. The van der Waals surface area contributed by atoms with Gasteiger partial charge in [0.2, 0.25) is 5.91 Å². The predicted octanol–water partition coefficient (Wildman–Crippen LogP) is 3.52. The smallest absolute Gasteiger partial charge is 0.222 e. The molecule has 3 aromatic rings. The van der Waals surface area contributed by atoms with Gasteiger partial charge >= 0.3 is 0 Å². The van der Waals surface area contributed by atoms with E-state index in [4.69, 9.17) is 4.74 Å². The van der Waals surface area contributed by atoms with Gasteiger partial charge < -0.3 is 14.7 Å². The molecule has 0 radical (unpaired) electrons. The number of β-amino-alcohol motifs (C(OH)–C–C–N with tert-alkyl or cyclic N) is 1. The summed E-state index contributed by atoms with van der Waals surface area (Å²) in [4.78, 5) is 18.5. The lowest BCUT2D eigenvalue weighted by Gasteiger charge is -2.36. The Balaban J connectivity index is 1.35. The van der Waals surface area contributed by atoms with Crippen molar-refractivity contribution in [3.8, 4) is 5.75 Å². The molecule has 0 bridgehead atoms. The standard InChI is InChI=1S/C24H26N2O3/c1-17-5-2-3-6-18(17)9-10-24(28)26-14-12-23(21(27)16-26)29-22-8-4-7-19-15-25-13-11-20(19)22/h2-8,11,13,15,21,23,27H,9-10,12,14,16H2,1H3/t21-,23-/m1/s1. The van der Waals surface area contributed by atoms with E-state index in [1.807, 2.05) is 36.4 Å². The highest BCUT2D eigenvalue weighted by Crippen LogP contribution is 2.28. The SMILES string of the molecule is Cc1ccccc1CCC(=O)N1CC[C@@H](Oc2cccc3cnccc23)[C@H](O)C1. The summed E-state index contributed by atoms with van der Waals surface area (Å²) < 4.78 is 6.14. The molecule has 1 N–H and O–H groups in total. The number of hydrogen-bond acceptors (Lipinski definition) is 4. The lowest BCUT2D eigenvalue weighted by Crippen LogP contribution is -2.51. The number of aliphatic hydroxyl groups excluding tert-OH is 1. The van der Waals surface area contributed by atoms with E-state index in [1.165, 1.54) is 11.1 Å². The number of ether oxygens (including phenoxy) is 1. The lowest BCUT2D eigenvalue weighted by atomic mass is 10.0. The third kappa shape index (κ3) is 4.40. The van der Waals surface area contributed by atoms with Crippen LogP contribution in [0.3, 0.4) is 0 Å². The average molecular weight is 390 g/mol. The summed E-state index contributed by atoms with van der Waals surface area (Å²) >= 11 is 0. The topological polar surface area (TPSA) is 62.7 Å². The average Bonchev–Trinajstić information content (AvgIpc) is 2.74. The first-order valence-corrected chi connectivity index (χ1v) is 10.1. The maximum Gasteiger partial charge on any atom is 0.222 e. The summed E-state index contributed by atoms with van der Waals surface area (Å²) in [5.74, 6) is 0.829. The summed E-state index contributed by atoms with van der Waals surface area (Å²) in [6, 6.07) is 15.9. The summed E-state index contributed by atoms with van der Waals surface area (Å²) in [5, 5.41) is 12.6. The lowest BCUT2D eigenvalue weighted by molar-refractivity contribution is -0.136. The van der Waals surface area contributed by atoms with Crippen LogP contribution in [0.1, 0.15) is 24.0 Å². The zero-order valence-corrected chi connectivity index (χ0v) is 16.6. The molecule has 5 heteroatoms. The Bertz CT molecular complexity index is 999. The molecule has 2 atom stereocenters. The summed E-state index contributed by atoms with van der Waals surface area (Å²) in [7, 11) is 0. The van der Waals surface area contributed by atoms with Gasteiger partial charge in [-0.3, -0.25) is 9.78 Å². The zero-order chi connectivity index (χ0) is 20.2. The van der Waals surface area contributed by atoms with Crippen LogP contribution in [0.15, 0.2) is 60.9 Å². The summed E-state index contributed by atoms with van der Waals surface area (Å²) in [6.45, 7) is 2.97. The van der Waals surface area contributed by atoms with Crippen molar-refractivity contribution < 1.29 is 14.6 Å². The molecule has 2 aromatic carbocycles. The molecule has 150 valence electrons. The highest BCUT2D eigenvalue weighted by molar-refractivity contribution is 5.87. The molecule has 5 nitrogen and oxygen atoms in total. The molecule has 0 saturated carbocycles. The van der Waals surface area contributed by atoms with Crippen molar-refractivity contribution >= 4 is 16.7 Å². The van der Waals surface area contributed by atoms with E-state index < -0.39 is 6.10 Å². The van der Waals surface area contributed by atoms with Gasteiger partial charge in [-0.05, 0) is 36.6 Å².